The minimum Gasteiger partial charge on any atom is -0.378 e. The van der Waals surface area contributed by atoms with Gasteiger partial charge in [-0.1, -0.05) is 11.6 Å². The number of aromatic nitrogens is 3. The van der Waals surface area contributed by atoms with Gasteiger partial charge in [0.2, 0.25) is 5.91 Å². The van der Waals surface area contributed by atoms with E-state index in [9.17, 15) is 4.79 Å². The zero-order valence-electron chi connectivity index (χ0n) is 18.2. The number of pyridine rings is 1. The number of nitrogens with zero attached hydrogens (tertiary/aromatic N) is 6. The molecule has 2 fully saturated rings. The quantitative estimate of drug-likeness (QED) is 0.603. The maximum Gasteiger partial charge on any atom is 0.244 e. The van der Waals surface area contributed by atoms with Gasteiger partial charge in [0.25, 0.3) is 0 Å². The number of rotatable bonds is 4. The van der Waals surface area contributed by atoms with Crippen LogP contribution in [0.2, 0.25) is 5.02 Å². The Balaban J connectivity index is 1.28. The van der Waals surface area contributed by atoms with Crippen LogP contribution in [-0.4, -0.2) is 78.1 Å². The molecule has 2 saturated heterocycles. The number of morpholine rings is 1. The fourth-order valence-corrected chi connectivity index (χ4v) is 4.50. The van der Waals surface area contributed by atoms with Crippen LogP contribution >= 0.6 is 11.6 Å². The molecule has 0 bridgehead atoms. The number of carbonyl (C=O) groups is 1. The first-order chi connectivity index (χ1) is 15.6. The molecule has 32 heavy (non-hydrogen) atoms. The maximum absolute atomic E-state index is 13.1. The molecule has 5 rings (SSSR count). The van der Waals surface area contributed by atoms with Crippen molar-refractivity contribution in [2.24, 2.45) is 0 Å². The first-order valence-corrected chi connectivity index (χ1v) is 11.4. The van der Waals surface area contributed by atoms with E-state index in [2.05, 4.69) is 20.9 Å². The van der Waals surface area contributed by atoms with Gasteiger partial charge in [-0.15, -0.1) is 0 Å². The van der Waals surface area contributed by atoms with Gasteiger partial charge in [-0.2, -0.15) is 5.10 Å². The smallest absolute Gasteiger partial charge is 0.244 e. The molecule has 1 aromatic carbocycles. The van der Waals surface area contributed by atoms with Crippen molar-refractivity contribution >= 4 is 40.0 Å². The van der Waals surface area contributed by atoms with Gasteiger partial charge < -0.3 is 19.4 Å². The monoisotopic (exact) mass is 454 g/mol. The van der Waals surface area contributed by atoms with Gasteiger partial charge in [0.05, 0.1) is 18.6 Å². The number of fused-ring (bicyclic) bond motifs is 1. The van der Waals surface area contributed by atoms with Crippen molar-refractivity contribution in [2.45, 2.75) is 13.5 Å². The summed E-state index contributed by atoms with van der Waals surface area (Å²) in [5, 5.41) is 6.54. The molecule has 9 heteroatoms. The molecule has 2 aromatic heterocycles. The highest BCUT2D eigenvalue weighted by atomic mass is 35.5. The Morgan fingerprint density at radius 2 is 1.84 bits per heavy atom. The molecule has 2 aliphatic heterocycles. The first kappa shape index (κ1) is 21.0. The normalized spacial score (nSPS) is 17.2. The molecular formula is C23H27ClN6O2. The number of amides is 1. The van der Waals surface area contributed by atoms with Gasteiger partial charge in [0, 0.05) is 56.2 Å². The number of benzene rings is 1. The Labute approximate surface area is 192 Å². The maximum atomic E-state index is 13.1. The number of hydrogen-bond acceptors (Lipinski definition) is 6. The lowest BCUT2D eigenvalue weighted by molar-refractivity contribution is -0.132. The lowest BCUT2D eigenvalue weighted by Gasteiger charge is -2.36. The summed E-state index contributed by atoms with van der Waals surface area (Å²) in [6.07, 6.45) is 1.75. The van der Waals surface area contributed by atoms with Gasteiger partial charge in [-0.25, -0.2) is 9.67 Å². The summed E-state index contributed by atoms with van der Waals surface area (Å²) in [6, 6.07) is 10.0. The first-order valence-electron chi connectivity index (χ1n) is 11.0. The number of carbonyl (C=O) groups excluding carboxylic acids is 1. The summed E-state index contributed by atoms with van der Waals surface area (Å²) in [4.78, 5) is 24.1. The van der Waals surface area contributed by atoms with Gasteiger partial charge in [0.1, 0.15) is 6.54 Å². The van der Waals surface area contributed by atoms with Crippen LogP contribution in [0.5, 0.6) is 0 Å². The molecular weight excluding hydrogens is 428 g/mol. The summed E-state index contributed by atoms with van der Waals surface area (Å²) < 4.78 is 7.22. The third kappa shape index (κ3) is 4.12. The van der Waals surface area contributed by atoms with Crippen molar-refractivity contribution in [1.82, 2.24) is 19.7 Å². The molecule has 8 nitrogen and oxygen atoms in total. The van der Waals surface area contributed by atoms with Gasteiger partial charge >= 0.3 is 0 Å². The second kappa shape index (κ2) is 8.96. The summed E-state index contributed by atoms with van der Waals surface area (Å²) in [5.74, 6) is 0.952. The lowest BCUT2D eigenvalue weighted by atomic mass is 10.2. The fourth-order valence-electron chi connectivity index (χ4n) is 4.38. The second-order valence-electron chi connectivity index (χ2n) is 8.26. The molecule has 1 amide bonds. The highest BCUT2D eigenvalue weighted by Crippen LogP contribution is 2.26. The number of aryl methyl sites for hydroxylation is 1. The van der Waals surface area contributed by atoms with E-state index >= 15 is 0 Å². The van der Waals surface area contributed by atoms with Gasteiger partial charge in [0.15, 0.2) is 11.5 Å². The topological polar surface area (TPSA) is 66.7 Å². The predicted octanol–water partition coefficient (Wildman–Crippen LogP) is 2.58. The molecule has 4 heterocycles. The van der Waals surface area contributed by atoms with Crippen molar-refractivity contribution in [3.05, 3.63) is 47.1 Å². The molecule has 3 aromatic rings. The van der Waals surface area contributed by atoms with Crippen LogP contribution in [0.15, 0.2) is 36.5 Å². The molecule has 0 radical (unpaired) electrons. The van der Waals surface area contributed by atoms with Crippen molar-refractivity contribution in [3.8, 4) is 0 Å². The number of piperazine rings is 1. The molecule has 0 spiro atoms. The van der Waals surface area contributed by atoms with Crippen LogP contribution in [0.25, 0.3) is 11.0 Å². The Morgan fingerprint density at radius 3 is 2.59 bits per heavy atom. The summed E-state index contributed by atoms with van der Waals surface area (Å²) >= 11 is 6.16. The van der Waals surface area contributed by atoms with E-state index in [0.717, 1.165) is 59.3 Å². The molecule has 0 saturated carbocycles. The third-order valence-corrected chi connectivity index (χ3v) is 6.65. The zero-order chi connectivity index (χ0) is 22.1. The molecule has 0 N–H and O–H groups in total. The summed E-state index contributed by atoms with van der Waals surface area (Å²) in [6.45, 7) is 8.12. The fraction of sp³-hybridized carbons (Fsp3) is 0.435. The number of ether oxygens (including phenoxy) is 1. The van der Waals surface area contributed by atoms with Gasteiger partial charge in [-0.3, -0.25) is 4.79 Å². The van der Waals surface area contributed by atoms with Crippen LogP contribution in [0.4, 0.5) is 11.5 Å². The lowest BCUT2D eigenvalue weighted by Crippen LogP contribution is -2.49. The standard InChI is InChI=1S/C23H27ClN6O2/c1-17-15-18(4-5-20(17)24)27-7-9-28(10-8-27)21(31)16-30-22-19(3-2-6-25-22)23(26-30)29-11-13-32-14-12-29/h2-6,15H,7-14,16H2,1H3. The molecule has 168 valence electrons. The second-order valence-corrected chi connectivity index (χ2v) is 8.66. The van der Waals surface area contributed by atoms with Crippen molar-refractivity contribution < 1.29 is 9.53 Å². The van der Waals surface area contributed by atoms with Crippen molar-refractivity contribution in [1.29, 1.82) is 0 Å². The van der Waals surface area contributed by atoms with E-state index in [1.807, 2.05) is 36.1 Å². The summed E-state index contributed by atoms with van der Waals surface area (Å²) in [7, 11) is 0. The molecule has 0 aliphatic carbocycles. The molecule has 0 atom stereocenters. The Morgan fingerprint density at radius 1 is 1.06 bits per heavy atom. The van der Waals surface area contributed by atoms with Crippen LogP contribution < -0.4 is 9.80 Å². The van der Waals surface area contributed by atoms with E-state index in [1.54, 1.807) is 10.9 Å². The summed E-state index contributed by atoms with van der Waals surface area (Å²) in [5.41, 5.74) is 2.96. The van der Waals surface area contributed by atoms with Crippen LogP contribution in [0, 0.1) is 6.92 Å². The Hall–Kier alpha value is -2.84. The number of anilines is 2. The van der Waals surface area contributed by atoms with E-state index in [0.29, 0.717) is 26.3 Å². The van der Waals surface area contributed by atoms with E-state index in [4.69, 9.17) is 21.4 Å². The Kier molecular flexibility index (Phi) is 5.89. The SMILES string of the molecule is Cc1cc(N2CCN(C(=O)Cn3nc(N4CCOCC4)c4cccnc43)CC2)ccc1Cl. The number of halogens is 1. The van der Waals surface area contributed by atoms with E-state index in [-0.39, 0.29) is 12.5 Å². The molecule has 2 aliphatic rings. The van der Waals surface area contributed by atoms with E-state index < -0.39 is 0 Å². The van der Waals surface area contributed by atoms with Crippen LogP contribution in [0.1, 0.15) is 5.56 Å². The van der Waals surface area contributed by atoms with Gasteiger partial charge in [-0.05, 0) is 42.8 Å². The highest BCUT2D eigenvalue weighted by Gasteiger charge is 2.25. The van der Waals surface area contributed by atoms with Crippen LogP contribution in [-0.2, 0) is 16.1 Å². The molecule has 0 unspecified atom stereocenters. The van der Waals surface area contributed by atoms with Crippen molar-refractivity contribution in [3.63, 3.8) is 0 Å². The van der Waals surface area contributed by atoms with Crippen molar-refractivity contribution in [2.75, 3.05) is 62.3 Å². The van der Waals surface area contributed by atoms with E-state index in [1.165, 1.54) is 0 Å². The minimum atomic E-state index is 0.0699. The number of hydrogen-bond donors (Lipinski definition) is 0. The zero-order valence-corrected chi connectivity index (χ0v) is 19.0. The van der Waals surface area contributed by atoms with Crippen LogP contribution in [0.3, 0.4) is 0 Å². The Bertz CT molecular complexity index is 1120. The minimum absolute atomic E-state index is 0.0699. The largest absolute Gasteiger partial charge is 0.378 e. The predicted molar refractivity (Wildman–Crippen MR) is 126 cm³/mol. The third-order valence-electron chi connectivity index (χ3n) is 6.22. The average molecular weight is 455 g/mol. The highest BCUT2D eigenvalue weighted by molar-refractivity contribution is 6.31. The average Bonchev–Trinajstić information content (AvgIpc) is 3.20.